The van der Waals surface area contributed by atoms with Crippen LogP contribution in [-0.2, 0) is 16.5 Å². The molecule has 1 unspecified atom stereocenters. The lowest BCUT2D eigenvalue weighted by atomic mass is 9.96. The molecule has 10 heteroatoms. The van der Waals surface area contributed by atoms with Crippen molar-refractivity contribution in [3.8, 4) is 17.4 Å². The van der Waals surface area contributed by atoms with Crippen LogP contribution in [0.4, 0.5) is 13.2 Å². The molecule has 0 bridgehead atoms. The number of hydrogen-bond donors (Lipinski definition) is 0. The van der Waals surface area contributed by atoms with Gasteiger partial charge in [-0.1, -0.05) is 34.8 Å². The fourth-order valence-electron chi connectivity index (χ4n) is 2.52. The molecule has 0 amide bonds. The molecule has 146 valence electrons. The van der Waals surface area contributed by atoms with Crippen LogP contribution >= 0.6 is 34.8 Å². The second-order valence-electron chi connectivity index (χ2n) is 5.96. The van der Waals surface area contributed by atoms with Gasteiger partial charge in [-0.3, -0.25) is 0 Å². The number of methoxy groups -OCH3 is 1. The van der Waals surface area contributed by atoms with Crippen molar-refractivity contribution in [2.45, 2.75) is 22.0 Å². The van der Waals surface area contributed by atoms with E-state index in [1.165, 1.54) is 7.11 Å². The fourth-order valence-corrected chi connectivity index (χ4v) is 3.17. The van der Waals surface area contributed by atoms with Crippen LogP contribution in [0.2, 0.25) is 0 Å². The van der Waals surface area contributed by atoms with Crippen molar-refractivity contribution < 1.29 is 27.4 Å². The summed E-state index contributed by atoms with van der Waals surface area (Å²) in [7, 11) is 1.47. The molecule has 1 aliphatic heterocycles. The molecular weight excluding hydrogens is 430 g/mol. The largest absolute Gasteiger partial charge is 0.497 e. The zero-order chi connectivity index (χ0) is 19.9. The molecule has 2 heterocycles. The summed E-state index contributed by atoms with van der Waals surface area (Å²) in [5, 5.41) is 0. The summed E-state index contributed by atoms with van der Waals surface area (Å²) in [4.78, 5) is 3.69. The van der Waals surface area contributed by atoms with E-state index in [0.29, 0.717) is 29.9 Å². The Kier molecular flexibility index (Phi) is 5.42. The molecule has 0 saturated carbocycles. The number of ether oxygens (including phenoxy) is 3. The predicted molar refractivity (Wildman–Crippen MR) is 94.8 cm³/mol. The third kappa shape index (κ3) is 5.10. The highest BCUT2D eigenvalue weighted by Gasteiger charge is 2.51. The van der Waals surface area contributed by atoms with E-state index < -0.39 is 21.1 Å². The van der Waals surface area contributed by atoms with Crippen LogP contribution in [0.3, 0.4) is 0 Å². The van der Waals surface area contributed by atoms with Crippen molar-refractivity contribution in [1.82, 2.24) is 4.98 Å². The maximum absolute atomic E-state index is 12.6. The van der Waals surface area contributed by atoms with Gasteiger partial charge in [0.05, 0.1) is 19.3 Å². The normalized spacial score (nSPS) is 19.7. The van der Waals surface area contributed by atoms with Gasteiger partial charge in [0.25, 0.3) is 0 Å². The average molecular weight is 443 g/mol. The maximum atomic E-state index is 12.6. The van der Waals surface area contributed by atoms with Gasteiger partial charge in [-0.2, -0.15) is 13.2 Å². The van der Waals surface area contributed by atoms with E-state index in [9.17, 15) is 13.2 Å². The molecule has 1 aromatic heterocycles. The monoisotopic (exact) mass is 441 g/mol. The van der Waals surface area contributed by atoms with E-state index in [0.717, 1.165) is 12.1 Å². The van der Waals surface area contributed by atoms with E-state index in [-0.39, 0.29) is 12.3 Å². The van der Waals surface area contributed by atoms with Gasteiger partial charge in [0.1, 0.15) is 17.1 Å². The number of rotatable bonds is 5. The van der Waals surface area contributed by atoms with Crippen LogP contribution in [0.5, 0.6) is 17.4 Å². The van der Waals surface area contributed by atoms with Gasteiger partial charge >= 0.3 is 6.18 Å². The second-order valence-corrected chi connectivity index (χ2v) is 8.47. The average Bonchev–Trinajstić information content (AvgIpc) is 3.33. The Morgan fingerprint density at radius 3 is 2.30 bits per heavy atom. The number of benzene rings is 1. The van der Waals surface area contributed by atoms with Crippen LogP contribution in [0, 0.1) is 0 Å². The minimum Gasteiger partial charge on any atom is -0.497 e. The number of epoxide rings is 1. The molecule has 27 heavy (non-hydrogen) atoms. The topological polar surface area (TPSA) is 43.9 Å². The van der Waals surface area contributed by atoms with Gasteiger partial charge in [0.2, 0.25) is 5.88 Å². The molecule has 1 atom stereocenters. The first-order chi connectivity index (χ1) is 12.5. The SMILES string of the molecule is COc1cc(Oc2ccc(C(F)(F)F)cn2)cc(C2(CC(Cl)(Cl)Cl)CO2)c1. The Bertz CT molecular complexity index is 819. The van der Waals surface area contributed by atoms with Gasteiger partial charge < -0.3 is 14.2 Å². The standard InChI is InChI=1S/C17H13Cl3F3NO3/c1-25-12-4-11(15(9-26-15)8-16(18,19)20)5-13(6-12)27-14-3-2-10(7-24-14)17(21,22)23/h2-7H,8-9H2,1H3. The van der Waals surface area contributed by atoms with Gasteiger partial charge in [0.15, 0.2) is 3.79 Å². The Labute approximate surface area is 168 Å². The van der Waals surface area contributed by atoms with Crippen molar-refractivity contribution in [1.29, 1.82) is 0 Å². The van der Waals surface area contributed by atoms with Crippen LogP contribution in [-0.4, -0.2) is 22.5 Å². The van der Waals surface area contributed by atoms with Crippen LogP contribution in [0.25, 0.3) is 0 Å². The summed E-state index contributed by atoms with van der Waals surface area (Å²) in [5.74, 6) is 0.749. The zero-order valence-electron chi connectivity index (χ0n) is 13.8. The first-order valence-electron chi connectivity index (χ1n) is 7.62. The molecule has 1 aromatic carbocycles. The Hall–Kier alpha value is -1.41. The maximum Gasteiger partial charge on any atom is 0.417 e. The first-order valence-corrected chi connectivity index (χ1v) is 8.76. The van der Waals surface area contributed by atoms with Crippen LogP contribution < -0.4 is 9.47 Å². The highest BCUT2D eigenvalue weighted by molar-refractivity contribution is 6.67. The molecule has 0 radical (unpaired) electrons. The van der Waals surface area contributed by atoms with Crippen molar-refractivity contribution in [3.63, 3.8) is 0 Å². The van der Waals surface area contributed by atoms with E-state index >= 15 is 0 Å². The molecule has 1 aliphatic rings. The van der Waals surface area contributed by atoms with Crippen molar-refractivity contribution in [2.24, 2.45) is 0 Å². The van der Waals surface area contributed by atoms with Gasteiger partial charge in [-0.05, 0) is 23.8 Å². The molecular formula is C17H13Cl3F3NO3. The van der Waals surface area contributed by atoms with Crippen molar-refractivity contribution in [3.05, 3.63) is 47.7 Å². The molecule has 1 saturated heterocycles. The van der Waals surface area contributed by atoms with E-state index in [2.05, 4.69) is 4.98 Å². The molecule has 0 N–H and O–H groups in total. The highest BCUT2D eigenvalue weighted by atomic mass is 35.6. The Balaban J connectivity index is 1.86. The summed E-state index contributed by atoms with van der Waals surface area (Å²) in [6.07, 6.45) is -3.65. The van der Waals surface area contributed by atoms with E-state index in [1.54, 1.807) is 18.2 Å². The van der Waals surface area contributed by atoms with Crippen LogP contribution in [0.15, 0.2) is 36.5 Å². The number of hydrogen-bond acceptors (Lipinski definition) is 4. The number of pyridine rings is 1. The smallest absolute Gasteiger partial charge is 0.417 e. The zero-order valence-corrected chi connectivity index (χ0v) is 16.1. The second kappa shape index (κ2) is 7.20. The quantitative estimate of drug-likeness (QED) is 0.428. The fraction of sp³-hybridized carbons (Fsp3) is 0.353. The van der Waals surface area contributed by atoms with Crippen molar-refractivity contribution in [2.75, 3.05) is 13.7 Å². The lowest BCUT2D eigenvalue weighted by Crippen LogP contribution is -2.18. The Morgan fingerprint density at radius 1 is 1.15 bits per heavy atom. The number of nitrogens with zero attached hydrogens (tertiary/aromatic N) is 1. The first kappa shape index (κ1) is 20.3. The van der Waals surface area contributed by atoms with E-state index in [4.69, 9.17) is 49.0 Å². The molecule has 0 spiro atoms. The number of halogens is 6. The third-order valence-electron chi connectivity index (χ3n) is 3.91. The summed E-state index contributed by atoms with van der Waals surface area (Å²) in [6, 6.07) is 6.94. The predicted octanol–water partition coefficient (Wildman–Crippen LogP) is 5.89. The molecule has 2 aromatic rings. The van der Waals surface area contributed by atoms with Gasteiger partial charge in [-0.15, -0.1) is 0 Å². The Morgan fingerprint density at radius 2 is 1.81 bits per heavy atom. The lowest BCUT2D eigenvalue weighted by Gasteiger charge is -2.19. The summed E-state index contributed by atoms with van der Waals surface area (Å²) >= 11 is 17.7. The third-order valence-corrected chi connectivity index (χ3v) is 4.31. The number of aromatic nitrogens is 1. The number of alkyl halides is 6. The van der Waals surface area contributed by atoms with Crippen LogP contribution in [0.1, 0.15) is 17.5 Å². The molecule has 3 rings (SSSR count). The lowest BCUT2D eigenvalue weighted by molar-refractivity contribution is -0.137. The van der Waals surface area contributed by atoms with Crippen molar-refractivity contribution >= 4 is 34.8 Å². The minimum absolute atomic E-state index is 0.00524. The van der Waals surface area contributed by atoms with Gasteiger partial charge in [-0.25, -0.2) is 4.98 Å². The van der Waals surface area contributed by atoms with Gasteiger partial charge in [0, 0.05) is 24.8 Å². The molecule has 1 fully saturated rings. The summed E-state index contributed by atoms with van der Waals surface area (Å²) in [6.45, 7) is 0.353. The molecule has 4 nitrogen and oxygen atoms in total. The summed E-state index contributed by atoms with van der Waals surface area (Å²) < 4.78 is 52.7. The summed E-state index contributed by atoms with van der Waals surface area (Å²) in [5.41, 5.74) is -0.991. The van der Waals surface area contributed by atoms with E-state index in [1.807, 2.05) is 0 Å². The molecule has 0 aliphatic carbocycles. The minimum atomic E-state index is -4.47. The highest BCUT2D eigenvalue weighted by Crippen LogP contribution is 2.51.